The molecule has 0 unspecified atom stereocenters. The Balaban J connectivity index is 2.41. The average Bonchev–Trinajstić information content (AvgIpc) is 2.48. The lowest BCUT2D eigenvalue weighted by Gasteiger charge is -2.05. The van der Waals surface area contributed by atoms with Crippen LogP contribution in [-0.4, -0.2) is 19.6 Å². The first-order valence-electron chi connectivity index (χ1n) is 4.99. The molecule has 0 aliphatic rings. The van der Waals surface area contributed by atoms with Gasteiger partial charge in [-0.1, -0.05) is 11.6 Å². The Morgan fingerprint density at radius 3 is 2.76 bits per heavy atom. The van der Waals surface area contributed by atoms with Crippen LogP contribution in [0.4, 0.5) is 5.69 Å². The fourth-order valence-corrected chi connectivity index (χ4v) is 1.78. The zero-order valence-electron chi connectivity index (χ0n) is 9.51. The summed E-state index contributed by atoms with van der Waals surface area (Å²) >= 11 is 6.10. The highest BCUT2D eigenvalue weighted by Gasteiger charge is 2.12. The smallest absolute Gasteiger partial charge is 0.269 e. The summed E-state index contributed by atoms with van der Waals surface area (Å²) < 4.78 is 2.93. The van der Waals surface area contributed by atoms with E-state index < -0.39 is 0 Å². The van der Waals surface area contributed by atoms with Gasteiger partial charge in [-0.05, 0) is 6.92 Å². The summed E-state index contributed by atoms with van der Waals surface area (Å²) in [4.78, 5) is 11.6. The van der Waals surface area contributed by atoms with Crippen molar-refractivity contribution < 1.29 is 0 Å². The highest BCUT2D eigenvalue weighted by atomic mass is 35.5. The second-order valence-corrected chi connectivity index (χ2v) is 4.13. The van der Waals surface area contributed by atoms with Crippen molar-refractivity contribution in [3.63, 3.8) is 0 Å². The van der Waals surface area contributed by atoms with Gasteiger partial charge in [0.15, 0.2) is 0 Å². The Bertz CT molecular complexity index is 616. The minimum atomic E-state index is -0.264. The fraction of sp³-hybridized carbons (Fsp3) is 0.300. The quantitative estimate of drug-likeness (QED) is 0.849. The van der Waals surface area contributed by atoms with Crippen molar-refractivity contribution in [2.75, 3.05) is 5.73 Å². The maximum atomic E-state index is 11.6. The maximum absolute atomic E-state index is 11.6. The van der Waals surface area contributed by atoms with Crippen molar-refractivity contribution >= 4 is 17.3 Å². The van der Waals surface area contributed by atoms with E-state index in [4.69, 9.17) is 17.3 Å². The minimum absolute atomic E-state index is 0.264. The van der Waals surface area contributed by atoms with Gasteiger partial charge >= 0.3 is 0 Å². The van der Waals surface area contributed by atoms with E-state index in [1.54, 1.807) is 11.7 Å². The number of anilines is 1. The van der Waals surface area contributed by atoms with Gasteiger partial charge in [-0.2, -0.15) is 10.2 Å². The maximum Gasteiger partial charge on any atom is 0.269 e. The molecule has 2 heterocycles. The van der Waals surface area contributed by atoms with Gasteiger partial charge in [0.05, 0.1) is 34.8 Å². The van der Waals surface area contributed by atoms with Crippen LogP contribution in [0.25, 0.3) is 0 Å². The van der Waals surface area contributed by atoms with Gasteiger partial charge in [-0.15, -0.1) is 0 Å². The molecule has 0 fully saturated rings. The van der Waals surface area contributed by atoms with Crippen molar-refractivity contribution in [1.29, 1.82) is 0 Å². The predicted molar refractivity (Wildman–Crippen MR) is 65.0 cm³/mol. The second kappa shape index (κ2) is 4.21. The van der Waals surface area contributed by atoms with Crippen molar-refractivity contribution in [3.8, 4) is 0 Å². The average molecular weight is 254 g/mol. The van der Waals surface area contributed by atoms with Crippen molar-refractivity contribution in [2.45, 2.75) is 13.5 Å². The first-order valence-corrected chi connectivity index (χ1v) is 5.37. The van der Waals surface area contributed by atoms with Crippen molar-refractivity contribution in [3.05, 3.63) is 39.0 Å². The molecule has 0 saturated carbocycles. The second-order valence-electron chi connectivity index (χ2n) is 3.75. The summed E-state index contributed by atoms with van der Waals surface area (Å²) in [6.45, 7) is 2.08. The van der Waals surface area contributed by atoms with E-state index in [0.717, 1.165) is 11.4 Å². The molecule has 2 rings (SSSR count). The predicted octanol–water partition coefficient (Wildman–Crippen LogP) is 0.569. The molecule has 2 aromatic rings. The fourth-order valence-electron chi connectivity index (χ4n) is 1.56. The van der Waals surface area contributed by atoms with Gasteiger partial charge in [0.25, 0.3) is 5.56 Å². The summed E-state index contributed by atoms with van der Waals surface area (Å²) in [7, 11) is 1.77. The lowest BCUT2D eigenvalue weighted by atomic mass is 10.3. The van der Waals surface area contributed by atoms with E-state index in [1.807, 2.05) is 6.92 Å². The third-order valence-corrected chi connectivity index (χ3v) is 2.94. The number of aromatic nitrogens is 4. The number of nitrogens with zero attached hydrogens (tertiary/aromatic N) is 4. The van der Waals surface area contributed by atoms with E-state index in [9.17, 15) is 4.79 Å². The normalized spacial score (nSPS) is 10.8. The molecule has 2 N–H and O–H groups in total. The van der Waals surface area contributed by atoms with E-state index >= 15 is 0 Å². The molecular formula is C10H12ClN5O. The zero-order chi connectivity index (χ0) is 12.6. The number of aryl methyl sites for hydroxylation is 2. The van der Waals surface area contributed by atoms with Crippen molar-refractivity contribution in [1.82, 2.24) is 19.6 Å². The molecule has 17 heavy (non-hydrogen) atoms. The standard InChI is InChI=1S/C10H12ClN5O/c1-6-10(11)8(15(2)14-6)5-16-9(17)3-7(12)4-13-16/h3-4H,5,12H2,1-2H3. The Morgan fingerprint density at radius 1 is 1.53 bits per heavy atom. The van der Waals surface area contributed by atoms with E-state index in [-0.39, 0.29) is 12.1 Å². The first kappa shape index (κ1) is 11.7. The SMILES string of the molecule is Cc1nn(C)c(Cn2ncc(N)cc2=O)c1Cl. The third-order valence-electron chi connectivity index (χ3n) is 2.45. The monoisotopic (exact) mass is 253 g/mol. The Morgan fingerprint density at radius 2 is 2.24 bits per heavy atom. The molecule has 0 saturated heterocycles. The molecule has 6 nitrogen and oxygen atoms in total. The Labute approximate surface area is 103 Å². The molecule has 0 aliphatic carbocycles. The van der Waals surface area contributed by atoms with E-state index in [1.165, 1.54) is 16.9 Å². The molecule has 0 radical (unpaired) electrons. The summed E-state index contributed by atoms with van der Waals surface area (Å²) in [6.07, 6.45) is 1.43. The van der Waals surface area contributed by atoms with E-state index in [0.29, 0.717) is 10.7 Å². The summed E-state index contributed by atoms with van der Waals surface area (Å²) in [6, 6.07) is 1.32. The minimum Gasteiger partial charge on any atom is -0.397 e. The van der Waals surface area contributed by atoms with Crippen LogP contribution in [0.15, 0.2) is 17.1 Å². The van der Waals surface area contributed by atoms with Gasteiger partial charge in [-0.25, -0.2) is 4.68 Å². The van der Waals surface area contributed by atoms with Gasteiger partial charge in [-0.3, -0.25) is 9.48 Å². The number of nitrogens with two attached hydrogens (primary N) is 1. The molecule has 0 aliphatic heterocycles. The molecule has 0 atom stereocenters. The molecule has 0 aromatic carbocycles. The van der Waals surface area contributed by atoms with Crippen LogP contribution < -0.4 is 11.3 Å². The number of hydrogen-bond acceptors (Lipinski definition) is 4. The Kier molecular flexibility index (Phi) is 2.89. The summed E-state index contributed by atoms with van der Waals surface area (Å²) in [5, 5.41) is 8.67. The van der Waals surface area contributed by atoms with Crippen LogP contribution in [-0.2, 0) is 13.6 Å². The van der Waals surface area contributed by atoms with Crippen LogP contribution in [0.1, 0.15) is 11.4 Å². The van der Waals surface area contributed by atoms with E-state index in [2.05, 4.69) is 10.2 Å². The summed E-state index contributed by atoms with van der Waals surface area (Å²) in [5.74, 6) is 0. The molecule has 0 bridgehead atoms. The third kappa shape index (κ3) is 2.16. The largest absolute Gasteiger partial charge is 0.397 e. The van der Waals surface area contributed by atoms with Crippen LogP contribution in [0.2, 0.25) is 5.02 Å². The molecule has 90 valence electrons. The van der Waals surface area contributed by atoms with Crippen LogP contribution >= 0.6 is 11.6 Å². The zero-order valence-corrected chi connectivity index (χ0v) is 10.3. The highest BCUT2D eigenvalue weighted by Crippen LogP contribution is 2.19. The number of halogens is 1. The number of rotatable bonds is 2. The lowest BCUT2D eigenvalue weighted by molar-refractivity contribution is 0.591. The molecular weight excluding hydrogens is 242 g/mol. The van der Waals surface area contributed by atoms with Gasteiger partial charge in [0, 0.05) is 13.1 Å². The molecule has 0 spiro atoms. The van der Waals surface area contributed by atoms with Crippen LogP contribution in [0, 0.1) is 6.92 Å². The summed E-state index contributed by atoms with van der Waals surface area (Å²) in [5.41, 5.74) is 7.02. The van der Waals surface area contributed by atoms with Crippen LogP contribution in [0.5, 0.6) is 0 Å². The molecule has 2 aromatic heterocycles. The van der Waals surface area contributed by atoms with Gasteiger partial charge < -0.3 is 5.73 Å². The topological polar surface area (TPSA) is 78.7 Å². The number of nitrogen functional groups attached to an aromatic ring is 1. The Hall–Kier alpha value is -1.82. The number of hydrogen-bond donors (Lipinski definition) is 1. The molecule has 0 amide bonds. The van der Waals surface area contributed by atoms with Crippen LogP contribution in [0.3, 0.4) is 0 Å². The highest BCUT2D eigenvalue weighted by molar-refractivity contribution is 6.31. The first-order chi connectivity index (χ1) is 7.99. The molecule has 7 heteroatoms. The lowest BCUT2D eigenvalue weighted by Crippen LogP contribution is -2.24. The van der Waals surface area contributed by atoms with Gasteiger partial charge in [0.1, 0.15) is 0 Å². The van der Waals surface area contributed by atoms with Gasteiger partial charge in [0.2, 0.25) is 0 Å². The van der Waals surface area contributed by atoms with Crippen molar-refractivity contribution in [2.24, 2.45) is 7.05 Å².